The van der Waals surface area contributed by atoms with Crippen LogP contribution >= 0.6 is 0 Å². The molecule has 0 fully saturated rings. The van der Waals surface area contributed by atoms with Gasteiger partial charge < -0.3 is 4.57 Å². The largest absolute Gasteiger partial charge is 0.416 e. The van der Waals surface area contributed by atoms with Crippen LogP contribution < -0.4 is 0 Å². The Labute approximate surface area is 176 Å². The zero-order valence-corrected chi connectivity index (χ0v) is 16.9. The maximum atomic E-state index is 12.9. The lowest BCUT2D eigenvalue weighted by molar-refractivity contribution is -0.384. The Morgan fingerprint density at radius 1 is 0.903 bits per heavy atom. The summed E-state index contributed by atoms with van der Waals surface area (Å²) in [5.41, 5.74) is 3.56. The van der Waals surface area contributed by atoms with Gasteiger partial charge in [-0.3, -0.25) is 10.1 Å². The van der Waals surface area contributed by atoms with Crippen LogP contribution in [0.4, 0.5) is 18.9 Å². The number of hydrogen-bond acceptors (Lipinski definition) is 2. The van der Waals surface area contributed by atoms with Crippen LogP contribution in [0.3, 0.4) is 0 Å². The van der Waals surface area contributed by atoms with Gasteiger partial charge in [-0.25, -0.2) is 0 Å². The molecule has 4 nitrogen and oxygen atoms in total. The summed E-state index contributed by atoms with van der Waals surface area (Å²) in [6.07, 6.45) is -2.37. The summed E-state index contributed by atoms with van der Waals surface area (Å²) < 4.78 is 40.6. The van der Waals surface area contributed by atoms with Crippen molar-refractivity contribution in [1.82, 2.24) is 4.57 Å². The number of nitro groups is 1. The molecule has 1 heterocycles. The van der Waals surface area contributed by atoms with Gasteiger partial charge in [0.15, 0.2) is 0 Å². The zero-order chi connectivity index (χ0) is 22.3. The molecule has 0 amide bonds. The SMILES string of the molecule is CC(C)c1cn(-c2ccc([N+](=O)[O-])cc2)c2cc(-c3ccc(C(F)(F)F)cc3)ccc12. The number of nitro benzene ring substituents is 1. The number of non-ortho nitro benzene ring substituents is 1. The van der Waals surface area contributed by atoms with Crippen LogP contribution in [0.25, 0.3) is 27.7 Å². The standard InChI is InChI=1S/C24H19F3N2O2/c1-15(2)22-14-28(19-8-10-20(11-9-19)29(30)31)23-13-17(5-12-21(22)23)16-3-6-18(7-4-16)24(25,26)27/h3-15H,1-2H3. The molecule has 0 radical (unpaired) electrons. The van der Waals surface area contributed by atoms with E-state index in [9.17, 15) is 23.3 Å². The molecule has 4 aromatic rings. The van der Waals surface area contributed by atoms with Crippen LogP contribution in [0.15, 0.2) is 72.9 Å². The highest BCUT2D eigenvalue weighted by atomic mass is 19.4. The number of aromatic nitrogens is 1. The van der Waals surface area contributed by atoms with E-state index >= 15 is 0 Å². The summed E-state index contributed by atoms with van der Waals surface area (Å²) in [6, 6.07) is 17.2. The molecule has 0 aliphatic rings. The lowest BCUT2D eigenvalue weighted by atomic mass is 9.99. The van der Waals surface area contributed by atoms with Crippen LogP contribution in [-0.4, -0.2) is 9.49 Å². The van der Waals surface area contributed by atoms with Crippen LogP contribution in [-0.2, 0) is 6.18 Å². The molecular formula is C24H19F3N2O2. The molecule has 0 spiro atoms. The Morgan fingerprint density at radius 2 is 1.52 bits per heavy atom. The highest BCUT2D eigenvalue weighted by Crippen LogP contribution is 2.35. The van der Waals surface area contributed by atoms with Crippen molar-refractivity contribution < 1.29 is 18.1 Å². The van der Waals surface area contributed by atoms with Crippen molar-refractivity contribution in [2.24, 2.45) is 0 Å². The predicted octanol–water partition coefficient (Wildman–Crippen LogP) is 7.35. The number of halogens is 3. The summed E-state index contributed by atoms with van der Waals surface area (Å²) in [7, 11) is 0. The molecule has 0 N–H and O–H groups in total. The fourth-order valence-corrected chi connectivity index (χ4v) is 3.69. The quantitative estimate of drug-likeness (QED) is 0.254. The van der Waals surface area contributed by atoms with E-state index in [2.05, 4.69) is 13.8 Å². The van der Waals surface area contributed by atoms with Crippen molar-refractivity contribution in [3.8, 4) is 16.8 Å². The van der Waals surface area contributed by atoms with E-state index in [-0.39, 0.29) is 11.6 Å². The van der Waals surface area contributed by atoms with Gasteiger partial charge in [-0.05, 0) is 52.9 Å². The van der Waals surface area contributed by atoms with Gasteiger partial charge >= 0.3 is 6.18 Å². The number of hydrogen-bond donors (Lipinski definition) is 0. The third kappa shape index (κ3) is 3.91. The van der Waals surface area contributed by atoms with E-state index in [1.807, 2.05) is 29.0 Å². The fourth-order valence-electron chi connectivity index (χ4n) is 3.69. The molecular weight excluding hydrogens is 405 g/mol. The number of fused-ring (bicyclic) bond motifs is 1. The summed E-state index contributed by atoms with van der Waals surface area (Å²) in [4.78, 5) is 10.5. The number of nitrogens with zero attached hydrogens (tertiary/aromatic N) is 2. The van der Waals surface area contributed by atoms with Gasteiger partial charge in [-0.1, -0.05) is 38.1 Å². The van der Waals surface area contributed by atoms with E-state index < -0.39 is 16.7 Å². The average Bonchev–Trinajstić information content (AvgIpc) is 3.12. The molecule has 4 rings (SSSR count). The third-order valence-electron chi connectivity index (χ3n) is 5.34. The first kappa shape index (κ1) is 20.7. The molecule has 7 heteroatoms. The van der Waals surface area contributed by atoms with Gasteiger partial charge in [-0.2, -0.15) is 13.2 Å². The van der Waals surface area contributed by atoms with Crippen molar-refractivity contribution in [2.45, 2.75) is 25.9 Å². The van der Waals surface area contributed by atoms with Crippen LogP contribution in [0.5, 0.6) is 0 Å². The first-order valence-electron chi connectivity index (χ1n) is 9.72. The Balaban J connectivity index is 1.84. The van der Waals surface area contributed by atoms with Crippen LogP contribution in [0.2, 0.25) is 0 Å². The third-order valence-corrected chi connectivity index (χ3v) is 5.34. The topological polar surface area (TPSA) is 48.1 Å². The van der Waals surface area contributed by atoms with Crippen molar-refractivity contribution in [1.29, 1.82) is 0 Å². The monoisotopic (exact) mass is 424 g/mol. The summed E-state index contributed by atoms with van der Waals surface area (Å²) >= 11 is 0. The molecule has 0 bridgehead atoms. The smallest absolute Gasteiger partial charge is 0.316 e. The molecule has 1 aromatic heterocycles. The minimum atomic E-state index is -4.38. The number of rotatable bonds is 4. The Kier molecular flexibility index (Phi) is 5.05. The zero-order valence-electron chi connectivity index (χ0n) is 16.9. The Bertz CT molecular complexity index is 1260. The van der Waals surface area contributed by atoms with Gasteiger partial charge in [0.05, 0.1) is 16.0 Å². The summed E-state index contributed by atoms with van der Waals surface area (Å²) in [6.45, 7) is 4.16. The van der Waals surface area contributed by atoms with E-state index in [4.69, 9.17) is 0 Å². The first-order valence-corrected chi connectivity index (χ1v) is 9.72. The van der Waals surface area contributed by atoms with E-state index in [0.29, 0.717) is 5.56 Å². The highest BCUT2D eigenvalue weighted by molar-refractivity contribution is 5.90. The van der Waals surface area contributed by atoms with Gasteiger partial charge in [0.25, 0.3) is 5.69 Å². The molecule has 0 atom stereocenters. The molecule has 0 unspecified atom stereocenters. The molecule has 31 heavy (non-hydrogen) atoms. The van der Waals surface area contributed by atoms with Gasteiger partial charge in [0.1, 0.15) is 0 Å². The highest BCUT2D eigenvalue weighted by Gasteiger charge is 2.30. The summed E-state index contributed by atoms with van der Waals surface area (Å²) in [5, 5.41) is 12.0. The number of benzene rings is 3. The molecule has 0 saturated heterocycles. The normalized spacial score (nSPS) is 11.9. The second-order valence-electron chi connectivity index (χ2n) is 7.69. The van der Waals surface area contributed by atoms with E-state index in [0.717, 1.165) is 39.8 Å². The molecule has 0 saturated carbocycles. The Hall–Kier alpha value is -3.61. The van der Waals surface area contributed by atoms with Crippen molar-refractivity contribution in [3.63, 3.8) is 0 Å². The second kappa shape index (κ2) is 7.58. The number of alkyl halides is 3. The van der Waals surface area contributed by atoms with Crippen molar-refractivity contribution in [2.75, 3.05) is 0 Å². The second-order valence-corrected chi connectivity index (χ2v) is 7.69. The van der Waals surface area contributed by atoms with Gasteiger partial charge in [0, 0.05) is 29.4 Å². The van der Waals surface area contributed by atoms with Gasteiger partial charge in [0.2, 0.25) is 0 Å². The molecule has 3 aromatic carbocycles. The minimum absolute atomic E-state index is 0.00902. The van der Waals surface area contributed by atoms with Crippen molar-refractivity contribution >= 4 is 16.6 Å². The molecule has 0 aliphatic heterocycles. The first-order chi connectivity index (χ1) is 14.6. The average molecular weight is 424 g/mol. The Morgan fingerprint density at radius 3 is 2.06 bits per heavy atom. The minimum Gasteiger partial charge on any atom is -0.316 e. The van der Waals surface area contributed by atoms with E-state index in [1.165, 1.54) is 24.3 Å². The maximum Gasteiger partial charge on any atom is 0.416 e. The lowest BCUT2D eigenvalue weighted by Crippen LogP contribution is -2.03. The summed E-state index contributed by atoms with van der Waals surface area (Å²) in [5.74, 6) is 0.249. The van der Waals surface area contributed by atoms with E-state index in [1.54, 1.807) is 12.1 Å². The van der Waals surface area contributed by atoms with Crippen LogP contribution in [0, 0.1) is 10.1 Å². The molecule has 0 aliphatic carbocycles. The van der Waals surface area contributed by atoms with Gasteiger partial charge in [-0.15, -0.1) is 0 Å². The maximum absolute atomic E-state index is 12.9. The lowest BCUT2D eigenvalue weighted by Gasteiger charge is -2.09. The fraction of sp³-hybridized carbons (Fsp3) is 0.167. The van der Waals surface area contributed by atoms with Crippen LogP contribution in [0.1, 0.15) is 30.9 Å². The predicted molar refractivity (Wildman–Crippen MR) is 114 cm³/mol. The van der Waals surface area contributed by atoms with Crippen molar-refractivity contribution in [3.05, 3.63) is 94.2 Å². The molecule has 158 valence electrons.